The maximum atomic E-state index is 5.83. The zero-order valence-electron chi connectivity index (χ0n) is 10.1. The van der Waals surface area contributed by atoms with Crippen molar-refractivity contribution < 1.29 is 14.2 Å². The van der Waals surface area contributed by atoms with Crippen LogP contribution in [-0.2, 0) is 6.61 Å². The van der Waals surface area contributed by atoms with Crippen LogP contribution in [0.15, 0.2) is 36.4 Å². The molecule has 0 atom stereocenters. The quantitative estimate of drug-likeness (QED) is 0.875. The van der Waals surface area contributed by atoms with E-state index in [9.17, 15) is 0 Å². The Labute approximate surface area is 115 Å². The lowest BCUT2D eigenvalue weighted by atomic mass is 10.2. The molecule has 1 aliphatic heterocycles. The van der Waals surface area contributed by atoms with Gasteiger partial charge in [0.25, 0.3) is 0 Å². The van der Waals surface area contributed by atoms with Crippen LogP contribution in [0.3, 0.4) is 0 Å². The van der Waals surface area contributed by atoms with E-state index in [2.05, 4.69) is 0 Å². The summed E-state index contributed by atoms with van der Waals surface area (Å²) in [7, 11) is 0. The van der Waals surface area contributed by atoms with E-state index in [0.29, 0.717) is 23.1 Å². The Morgan fingerprint density at radius 1 is 1.11 bits per heavy atom. The molecule has 0 aliphatic carbocycles. The molecule has 0 bridgehead atoms. The molecule has 19 heavy (non-hydrogen) atoms. The standard InChI is InChI=1S/C14H12ClNO3/c15-10-2-4-12(11(16)6-10)17-7-9-1-3-13-14(5-9)19-8-18-13/h1-6H,7-8,16H2. The first kappa shape index (κ1) is 12.0. The summed E-state index contributed by atoms with van der Waals surface area (Å²) < 4.78 is 16.2. The van der Waals surface area contributed by atoms with Crippen molar-refractivity contribution >= 4 is 17.3 Å². The lowest BCUT2D eigenvalue weighted by Gasteiger charge is -2.09. The normalized spacial score (nSPS) is 12.5. The molecular weight excluding hydrogens is 266 g/mol. The highest BCUT2D eigenvalue weighted by Gasteiger charge is 2.13. The molecule has 5 heteroatoms. The predicted octanol–water partition coefficient (Wildman–Crippen LogP) is 3.23. The van der Waals surface area contributed by atoms with Gasteiger partial charge in [0.05, 0.1) is 5.69 Å². The van der Waals surface area contributed by atoms with Crippen molar-refractivity contribution in [3.05, 3.63) is 47.0 Å². The summed E-state index contributed by atoms with van der Waals surface area (Å²) in [5.41, 5.74) is 7.33. The second kappa shape index (κ2) is 4.90. The summed E-state index contributed by atoms with van der Waals surface area (Å²) in [6.45, 7) is 0.673. The number of fused-ring (bicyclic) bond motifs is 1. The zero-order chi connectivity index (χ0) is 13.2. The predicted molar refractivity (Wildman–Crippen MR) is 72.8 cm³/mol. The van der Waals surface area contributed by atoms with Crippen LogP contribution in [0, 0.1) is 0 Å². The molecule has 3 rings (SSSR count). The SMILES string of the molecule is Nc1cc(Cl)ccc1OCc1ccc2c(c1)OCO2. The van der Waals surface area contributed by atoms with Gasteiger partial charge in [0.15, 0.2) is 11.5 Å². The van der Waals surface area contributed by atoms with Gasteiger partial charge >= 0.3 is 0 Å². The summed E-state index contributed by atoms with van der Waals surface area (Å²) in [5.74, 6) is 2.11. The number of hydrogen-bond donors (Lipinski definition) is 1. The molecule has 0 fully saturated rings. The highest BCUT2D eigenvalue weighted by molar-refractivity contribution is 6.30. The van der Waals surface area contributed by atoms with Crippen LogP contribution >= 0.6 is 11.6 Å². The molecule has 98 valence electrons. The summed E-state index contributed by atoms with van der Waals surface area (Å²) in [6, 6.07) is 10.9. The molecule has 0 radical (unpaired) electrons. The first-order valence-electron chi connectivity index (χ1n) is 5.79. The minimum atomic E-state index is 0.268. The van der Waals surface area contributed by atoms with Crippen molar-refractivity contribution in [3.8, 4) is 17.2 Å². The van der Waals surface area contributed by atoms with E-state index in [4.69, 9.17) is 31.5 Å². The van der Waals surface area contributed by atoms with E-state index in [1.165, 1.54) is 0 Å². The molecule has 0 saturated heterocycles. The minimum Gasteiger partial charge on any atom is -0.487 e. The second-order valence-electron chi connectivity index (χ2n) is 4.16. The Morgan fingerprint density at radius 3 is 2.79 bits per heavy atom. The van der Waals surface area contributed by atoms with Crippen LogP contribution in [0.1, 0.15) is 5.56 Å². The molecular formula is C14H12ClNO3. The van der Waals surface area contributed by atoms with Crippen molar-refractivity contribution in [2.45, 2.75) is 6.61 Å². The summed E-state index contributed by atoms with van der Waals surface area (Å²) in [5, 5.41) is 0.591. The number of benzene rings is 2. The van der Waals surface area contributed by atoms with Crippen molar-refractivity contribution in [1.82, 2.24) is 0 Å². The molecule has 2 aromatic carbocycles. The Bertz CT molecular complexity index is 616. The molecule has 2 aromatic rings. The minimum absolute atomic E-state index is 0.268. The third-order valence-corrected chi connectivity index (χ3v) is 3.04. The third-order valence-electron chi connectivity index (χ3n) is 2.80. The molecule has 4 nitrogen and oxygen atoms in total. The number of halogens is 1. The Morgan fingerprint density at radius 2 is 1.95 bits per heavy atom. The van der Waals surface area contributed by atoms with E-state index >= 15 is 0 Å². The number of ether oxygens (including phenoxy) is 3. The van der Waals surface area contributed by atoms with Gasteiger partial charge in [-0.1, -0.05) is 17.7 Å². The van der Waals surface area contributed by atoms with Crippen molar-refractivity contribution in [2.24, 2.45) is 0 Å². The van der Waals surface area contributed by atoms with E-state index in [1.54, 1.807) is 18.2 Å². The molecule has 0 amide bonds. The first-order chi connectivity index (χ1) is 9.22. The maximum absolute atomic E-state index is 5.83. The fourth-order valence-corrected chi connectivity index (χ4v) is 2.02. The van der Waals surface area contributed by atoms with Gasteiger partial charge in [-0.2, -0.15) is 0 Å². The van der Waals surface area contributed by atoms with Gasteiger partial charge in [0.1, 0.15) is 12.4 Å². The van der Waals surface area contributed by atoms with Crippen molar-refractivity contribution in [3.63, 3.8) is 0 Å². The summed E-state index contributed by atoms with van der Waals surface area (Å²) >= 11 is 5.83. The zero-order valence-corrected chi connectivity index (χ0v) is 10.8. The lowest BCUT2D eigenvalue weighted by Crippen LogP contribution is -1.98. The summed E-state index contributed by atoms with van der Waals surface area (Å²) in [4.78, 5) is 0. The molecule has 0 aromatic heterocycles. The van der Waals surface area contributed by atoms with Crippen LogP contribution in [0.2, 0.25) is 5.02 Å². The lowest BCUT2D eigenvalue weighted by molar-refractivity contribution is 0.174. The average Bonchev–Trinajstić information content (AvgIpc) is 2.85. The maximum Gasteiger partial charge on any atom is 0.231 e. The second-order valence-corrected chi connectivity index (χ2v) is 4.59. The smallest absolute Gasteiger partial charge is 0.231 e. The van der Waals surface area contributed by atoms with Gasteiger partial charge < -0.3 is 19.9 Å². The summed E-state index contributed by atoms with van der Waals surface area (Å²) in [6.07, 6.45) is 0. The van der Waals surface area contributed by atoms with Crippen LogP contribution < -0.4 is 19.9 Å². The molecule has 2 N–H and O–H groups in total. The van der Waals surface area contributed by atoms with Gasteiger partial charge in [0.2, 0.25) is 6.79 Å². The molecule has 1 heterocycles. The number of nitrogen functional groups attached to an aromatic ring is 1. The highest BCUT2D eigenvalue weighted by atomic mass is 35.5. The molecule has 0 spiro atoms. The van der Waals surface area contributed by atoms with E-state index in [1.807, 2.05) is 18.2 Å². The fourth-order valence-electron chi connectivity index (χ4n) is 1.84. The van der Waals surface area contributed by atoms with Crippen LogP contribution in [-0.4, -0.2) is 6.79 Å². The van der Waals surface area contributed by atoms with E-state index in [0.717, 1.165) is 17.1 Å². The number of hydrogen-bond acceptors (Lipinski definition) is 4. The van der Waals surface area contributed by atoms with E-state index < -0.39 is 0 Å². The van der Waals surface area contributed by atoms with Crippen LogP contribution in [0.4, 0.5) is 5.69 Å². The molecule has 0 saturated carbocycles. The number of anilines is 1. The van der Waals surface area contributed by atoms with Gasteiger partial charge in [-0.3, -0.25) is 0 Å². The Balaban J connectivity index is 1.72. The number of nitrogens with two attached hydrogens (primary N) is 1. The van der Waals surface area contributed by atoms with Crippen LogP contribution in [0.5, 0.6) is 17.2 Å². The van der Waals surface area contributed by atoms with Crippen molar-refractivity contribution in [2.75, 3.05) is 12.5 Å². The van der Waals surface area contributed by atoms with Gasteiger partial charge in [-0.15, -0.1) is 0 Å². The van der Waals surface area contributed by atoms with Crippen molar-refractivity contribution in [1.29, 1.82) is 0 Å². The highest BCUT2D eigenvalue weighted by Crippen LogP contribution is 2.33. The van der Waals surface area contributed by atoms with E-state index in [-0.39, 0.29) is 6.79 Å². The monoisotopic (exact) mass is 277 g/mol. The Kier molecular flexibility index (Phi) is 3.09. The van der Waals surface area contributed by atoms with Gasteiger partial charge in [-0.05, 0) is 35.9 Å². The Hall–Kier alpha value is -2.07. The van der Waals surface area contributed by atoms with Crippen LogP contribution in [0.25, 0.3) is 0 Å². The number of rotatable bonds is 3. The molecule has 0 unspecified atom stereocenters. The average molecular weight is 278 g/mol. The topological polar surface area (TPSA) is 53.7 Å². The largest absolute Gasteiger partial charge is 0.487 e. The van der Waals surface area contributed by atoms with Gasteiger partial charge in [-0.25, -0.2) is 0 Å². The molecule has 1 aliphatic rings. The first-order valence-corrected chi connectivity index (χ1v) is 6.16. The fraction of sp³-hybridized carbons (Fsp3) is 0.143. The van der Waals surface area contributed by atoms with Gasteiger partial charge in [0, 0.05) is 5.02 Å². The third kappa shape index (κ3) is 2.53.